The van der Waals surface area contributed by atoms with Gasteiger partial charge in [-0.05, 0) is 5.56 Å². The Labute approximate surface area is 302 Å². The number of aliphatic hydroxyl groups is 9. The third-order valence-electron chi connectivity index (χ3n) is 9.11. The minimum absolute atomic E-state index is 0.0258. The normalized spacial score (nSPS) is 38.7. The predicted octanol–water partition coefficient (Wildman–Crippen LogP) is -5.86. The van der Waals surface area contributed by atoms with Crippen LogP contribution in [0.15, 0.2) is 30.3 Å². The summed E-state index contributed by atoms with van der Waals surface area (Å²) in [5.74, 6) is -6.36. The van der Waals surface area contributed by atoms with Gasteiger partial charge in [-0.3, -0.25) is 9.59 Å². The highest BCUT2D eigenvalue weighted by Gasteiger charge is 2.60. The number of amides is 2. The number of aliphatic carboxylic acids is 1. The SMILES string of the molecule is CC(=O)NC1C(OCc2ccccc2)OC(CO)C(OC2OC(CO)C(O)C(OC3(C(=O)O)CC(O)C(NC(C)=O)C(C(O)C(O)CO)O3)C2O)C1O. The van der Waals surface area contributed by atoms with E-state index in [1.807, 2.05) is 0 Å². The molecule has 0 saturated carbocycles. The van der Waals surface area contributed by atoms with Crippen molar-refractivity contribution in [3.05, 3.63) is 35.9 Å². The van der Waals surface area contributed by atoms with Crippen molar-refractivity contribution in [2.75, 3.05) is 19.8 Å². The summed E-state index contributed by atoms with van der Waals surface area (Å²) in [4.78, 5) is 36.8. The van der Waals surface area contributed by atoms with Gasteiger partial charge < -0.3 is 90.1 Å². The molecule has 4 rings (SSSR count). The molecule has 0 radical (unpaired) electrons. The van der Waals surface area contributed by atoms with E-state index >= 15 is 0 Å². The molecule has 3 fully saturated rings. The van der Waals surface area contributed by atoms with Gasteiger partial charge in [-0.15, -0.1) is 0 Å². The Morgan fingerprint density at radius 3 is 2.02 bits per heavy atom. The zero-order valence-electron chi connectivity index (χ0n) is 28.7. The van der Waals surface area contributed by atoms with E-state index < -0.39 is 142 Å². The first-order valence-electron chi connectivity index (χ1n) is 16.7. The molecule has 3 heterocycles. The third kappa shape index (κ3) is 9.83. The molecule has 3 aliphatic heterocycles. The van der Waals surface area contributed by atoms with Gasteiger partial charge >= 0.3 is 5.97 Å². The highest BCUT2D eigenvalue weighted by molar-refractivity contribution is 5.76. The molecule has 1 aromatic rings. The highest BCUT2D eigenvalue weighted by Crippen LogP contribution is 2.38. The summed E-state index contributed by atoms with van der Waals surface area (Å²) in [6.07, 6.45) is -25.0. The van der Waals surface area contributed by atoms with E-state index in [4.69, 9.17) is 28.4 Å². The van der Waals surface area contributed by atoms with Crippen molar-refractivity contribution in [2.45, 2.75) is 124 Å². The van der Waals surface area contributed by atoms with E-state index in [0.717, 1.165) is 13.8 Å². The Bertz CT molecular complexity index is 1360. The van der Waals surface area contributed by atoms with E-state index in [2.05, 4.69) is 10.6 Å². The second-order valence-electron chi connectivity index (χ2n) is 13.0. The summed E-state index contributed by atoms with van der Waals surface area (Å²) in [5, 5.41) is 111. The van der Waals surface area contributed by atoms with Crippen LogP contribution in [-0.2, 0) is 49.4 Å². The maximum atomic E-state index is 12.8. The Kier molecular flexibility index (Phi) is 15.0. The lowest BCUT2D eigenvalue weighted by molar-refractivity contribution is -0.383. The van der Waals surface area contributed by atoms with Crippen molar-refractivity contribution < 1.29 is 93.9 Å². The Morgan fingerprint density at radius 2 is 1.45 bits per heavy atom. The molecule has 53 heavy (non-hydrogen) atoms. The first-order valence-corrected chi connectivity index (χ1v) is 16.7. The average molecular weight is 765 g/mol. The summed E-state index contributed by atoms with van der Waals surface area (Å²) in [6.45, 7) is -0.642. The molecule has 2 amide bonds. The Balaban J connectivity index is 1.61. The molecule has 0 aliphatic carbocycles. The summed E-state index contributed by atoms with van der Waals surface area (Å²) in [5.41, 5.74) is 0.717. The van der Waals surface area contributed by atoms with Crippen LogP contribution in [0.2, 0.25) is 0 Å². The number of benzene rings is 1. The Hall–Kier alpha value is -2.97. The molecule has 16 unspecified atom stereocenters. The van der Waals surface area contributed by atoms with Gasteiger partial charge in [-0.1, -0.05) is 30.3 Å². The number of carbonyl (C=O) groups is 3. The van der Waals surface area contributed by atoms with Crippen LogP contribution in [0.25, 0.3) is 0 Å². The topological polar surface area (TPSA) is 333 Å². The molecule has 0 spiro atoms. The van der Waals surface area contributed by atoms with Crippen LogP contribution in [0.1, 0.15) is 25.8 Å². The lowest BCUT2D eigenvalue weighted by Crippen LogP contribution is -2.71. The molecule has 21 heteroatoms. The number of rotatable bonds is 15. The molecule has 0 aromatic heterocycles. The number of hydrogen-bond acceptors (Lipinski definition) is 18. The Morgan fingerprint density at radius 1 is 0.849 bits per heavy atom. The number of carboxylic acid groups (broad SMARTS) is 1. The number of aliphatic hydroxyl groups excluding tert-OH is 9. The highest BCUT2D eigenvalue weighted by atomic mass is 16.8. The van der Waals surface area contributed by atoms with E-state index in [0.29, 0.717) is 5.56 Å². The van der Waals surface area contributed by atoms with Crippen LogP contribution in [0.4, 0.5) is 0 Å². The average Bonchev–Trinajstić information content (AvgIpc) is 3.12. The predicted molar refractivity (Wildman–Crippen MR) is 171 cm³/mol. The molecule has 300 valence electrons. The van der Waals surface area contributed by atoms with Gasteiger partial charge in [0.15, 0.2) is 12.6 Å². The fourth-order valence-corrected chi connectivity index (χ4v) is 6.45. The van der Waals surface area contributed by atoms with Crippen LogP contribution in [-0.4, -0.2) is 186 Å². The second kappa shape index (κ2) is 18.6. The first kappa shape index (κ1) is 42.8. The third-order valence-corrected chi connectivity index (χ3v) is 9.11. The molecular formula is C32H48N2O19. The maximum absolute atomic E-state index is 12.8. The van der Waals surface area contributed by atoms with Crippen LogP contribution in [0.3, 0.4) is 0 Å². The fourth-order valence-electron chi connectivity index (χ4n) is 6.45. The van der Waals surface area contributed by atoms with Crippen molar-refractivity contribution in [1.29, 1.82) is 0 Å². The maximum Gasteiger partial charge on any atom is 0.364 e. The zero-order chi connectivity index (χ0) is 39.2. The van der Waals surface area contributed by atoms with Gasteiger partial charge in [0.05, 0.1) is 38.6 Å². The van der Waals surface area contributed by atoms with Crippen molar-refractivity contribution in [3.8, 4) is 0 Å². The van der Waals surface area contributed by atoms with Crippen molar-refractivity contribution >= 4 is 17.8 Å². The molecule has 16 atom stereocenters. The smallest absolute Gasteiger partial charge is 0.364 e. The first-order chi connectivity index (χ1) is 25.1. The quantitative estimate of drug-likeness (QED) is 0.0791. The van der Waals surface area contributed by atoms with Gasteiger partial charge in [0.25, 0.3) is 5.79 Å². The van der Waals surface area contributed by atoms with Crippen molar-refractivity contribution in [1.82, 2.24) is 10.6 Å². The lowest BCUT2D eigenvalue weighted by Gasteiger charge is -2.51. The van der Waals surface area contributed by atoms with Gasteiger partial charge in [0.1, 0.15) is 67.1 Å². The van der Waals surface area contributed by atoms with Gasteiger partial charge in [0.2, 0.25) is 11.8 Å². The minimum Gasteiger partial charge on any atom is -0.477 e. The molecule has 3 saturated heterocycles. The molecular weight excluding hydrogens is 716 g/mol. The van der Waals surface area contributed by atoms with E-state index in [1.54, 1.807) is 30.3 Å². The number of carboxylic acids is 1. The van der Waals surface area contributed by atoms with Crippen LogP contribution < -0.4 is 10.6 Å². The van der Waals surface area contributed by atoms with Crippen LogP contribution in [0, 0.1) is 0 Å². The number of ether oxygens (including phenoxy) is 6. The fraction of sp³-hybridized carbons (Fsp3) is 0.719. The van der Waals surface area contributed by atoms with E-state index in [9.17, 15) is 65.4 Å². The zero-order valence-corrected chi connectivity index (χ0v) is 28.7. The van der Waals surface area contributed by atoms with Gasteiger partial charge in [0, 0.05) is 20.3 Å². The molecule has 21 nitrogen and oxygen atoms in total. The van der Waals surface area contributed by atoms with Crippen LogP contribution in [0.5, 0.6) is 0 Å². The van der Waals surface area contributed by atoms with E-state index in [-0.39, 0.29) is 6.61 Å². The van der Waals surface area contributed by atoms with E-state index in [1.165, 1.54) is 0 Å². The number of nitrogens with one attached hydrogen (secondary N) is 2. The molecule has 12 N–H and O–H groups in total. The monoisotopic (exact) mass is 764 g/mol. The van der Waals surface area contributed by atoms with Gasteiger partial charge in [-0.25, -0.2) is 4.79 Å². The molecule has 0 bridgehead atoms. The van der Waals surface area contributed by atoms with Crippen molar-refractivity contribution in [3.63, 3.8) is 0 Å². The lowest BCUT2D eigenvalue weighted by atomic mass is 9.88. The number of carbonyl (C=O) groups excluding carboxylic acids is 2. The summed E-state index contributed by atoms with van der Waals surface area (Å²) in [6, 6.07) is 5.94. The molecule has 1 aromatic carbocycles. The standard InChI is InChI=1S/C32H48N2O19/c1-13(38)33-20-16(40)8-32(31(46)47,52-27(20)22(42)17(41)9-35)53-28-23(43)18(10-36)49-30(25(28)45)51-26-19(11-37)50-29(21(24(26)44)34-14(2)39)48-12-15-6-4-3-5-7-15/h3-7,16-30,35-37,40-45H,8-12H2,1-2H3,(H,33,38)(H,34,39)(H,46,47). The number of hydrogen-bond donors (Lipinski definition) is 12. The summed E-state index contributed by atoms with van der Waals surface area (Å²) < 4.78 is 34.4. The summed E-state index contributed by atoms with van der Waals surface area (Å²) >= 11 is 0. The minimum atomic E-state index is -3.04. The van der Waals surface area contributed by atoms with Gasteiger partial charge in [-0.2, -0.15) is 0 Å². The van der Waals surface area contributed by atoms with Crippen molar-refractivity contribution in [2.24, 2.45) is 0 Å². The second-order valence-corrected chi connectivity index (χ2v) is 13.0. The largest absolute Gasteiger partial charge is 0.477 e. The summed E-state index contributed by atoms with van der Waals surface area (Å²) in [7, 11) is 0. The molecule has 3 aliphatic rings. The van der Waals surface area contributed by atoms with Crippen LogP contribution >= 0.6 is 0 Å².